The topological polar surface area (TPSA) is 58.6 Å². The molecule has 1 aliphatic heterocycles. The van der Waals surface area contributed by atoms with Gasteiger partial charge in [-0.15, -0.1) is 0 Å². The fourth-order valence-corrected chi connectivity index (χ4v) is 3.49. The third-order valence-electron chi connectivity index (χ3n) is 4.60. The number of rotatable bonds is 4. The molecule has 3 rings (SSSR count). The molecule has 2 aromatic carbocycles. The van der Waals surface area contributed by atoms with Crippen LogP contribution in [0.4, 0.5) is 0 Å². The van der Waals surface area contributed by atoms with Crippen molar-refractivity contribution < 1.29 is 14.3 Å². The highest BCUT2D eigenvalue weighted by atomic mass is 79.9. The normalized spacial score (nSPS) is 15.2. The van der Waals surface area contributed by atoms with E-state index in [9.17, 15) is 9.59 Å². The predicted molar refractivity (Wildman–Crippen MR) is 101 cm³/mol. The molecule has 0 unspecified atom stereocenters. The van der Waals surface area contributed by atoms with Crippen molar-refractivity contribution >= 4 is 38.5 Å². The molecule has 0 aliphatic carbocycles. The van der Waals surface area contributed by atoms with Gasteiger partial charge in [0.25, 0.3) is 5.91 Å². The Morgan fingerprint density at radius 3 is 2.56 bits per heavy atom. The minimum absolute atomic E-state index is 0.00906. The lowest BCUT2D eigenvalue weighted by atomic mass is 9.96. The Bertz CT molecular complexity index is 785. The number of hydrogen-bond acceptors (Lipinski definition) is 3. The van der Waals surface area contributed by atoms with E-state index in [0.717, 1.165) is 15.2 Å². The van der Waals surface area contributed by atoms with Crippen LogP contribution in [0.5, 0.6) is 5.75 Å². The van der Waals surface area contributed by atoms with E-state index in [1.54, 1.807) is 11.9 Å². The highest BCUT2D eigenvalue weighted by Gasteiger charge is 2.26. The van der Waals surface area contributed by atoms with E-state index in [1.807, 2.05) is 36.4 Å². The first kappa shape index (κ1) is 17.7. The van der Waals surface area contributed by atoms with Gasteiger partial charge in [0.1, 0.15) is 5.75 Å². The molecule has 0 saturated carbocycles. The third-order valence-corrected chi connectivity index (χ3v) is 5.09. The smallest absolute Gasteiger partial charge is 0.260 e. The average molecular weight is 405 g/mol. The minimum Gasteiger partial charge on any atom is -0.484 e. The van der Waals surface area contributed by atoms with Gasteiger partial charge in [0.2, 0.25) is 5.91 Å². The Kier molecular flexibility index (Phi) is 5.58. The summed E-state index contributed by atoms with van der Waals surface area (Å²) in [4.78, 5) is 25.7. The van der Waals surface area contributed by atoms with Crippen LogP contribution in [0.1, 0.15) is 12.8 Å². The highest BCUT2D eigenvalue weighted by Crippen LogP contribution is 2.24. The van der Waals surface area contributed by atoms with E-state index < -0.39 is 0 Å². The van der Waals surface area contributed by atoms with Crippen LogP contribution in [-0.2, 0) is 9.59 Å². The Morgan fingerprint density at radius 2 is 1.84 bits per heavy atom. The first-order valence-corrected chi connectivity index (χ1v) is 9.17. The van der Waals surface area contributed by atoms with Gasteiger partial charge in [0, 0.05) is 30.5 Å². The molecule has 0 radical (unpaired) electrons. The summed E-state index contributed by atoms with van der Waals surface area (Å²) < 4.78 is 6.70. The van der Waals surface area contributed by atoms with Gasteiger partial charge in [-0.2, -0.15) is 0 Å². The van der Waals surface area contributed by atoms with Crippen LogP contribution in [-0.4, -0.2) is 43.5 Å². The number of amides is 2. The SMILES string of the molecule is CNC(=O)C1CCN(C(=O)COc2ccc3cc(Br)ccc3c2)CC1. The van der Waals surface area contributed by atoms with Crippen molar-refractivity contribution in [3.63, 3.8) is 0 Å². The minimum atomic E-state index is -0.0359. The summed E-state index contributed by atoms with van der Waals surface area (Å²) in [7, 11) is 1.65. The molecule has 1 aliphatic rings. The van der Waals surface area contributed by atoms with Gasteiger partial charge in [0.15, 0.2) is 6.61 Å². The van der Waals surface area contributed by atoms with Crippen molar-refractivity contribution in [2.45, 2.75) is 12.8 Å². The molecule has 1 fully saturated rings. The van der Waals surface area contributed by atoms with Crippen molar-refractivity contribution in [3.8, 4) is 5.75 Å². The van der Waals surface area contributed by atoms with E-state index in [-0.39, 0.29) is 24.3 Å². The summed E-state index contributed by atoms with van der Waals surface area (Å²) in [6, 6.07) is 11.8. The molecule has 1 N–H and O–H groups in total. The van der Waals surface area contributed by atoms with E-state index in [4.69, 9.17) is 4.74 Å². The maximum Gasteiger partial charge on any atom is 0.260 e. The average Bonchev–Trinajstić information content (AvgIpc) is 2.65. The highest BCUT2D eigenvalue weighted by molar-refractivity contribution is 9.10. The van der Waals surface area contributed by atoms with Gasteiger partial charge < -0.3 is 15.0 Å². The lowest BCUT2D eigenvalue weighted by Gasteiger charge is -2.31. The van der Waals surface area contributed by atoms with Crippen molar-refractivity contribution in [2.24, 2.45) is 5.92 Å². The number of carbonyl (C=O) groups is 2. The van der Waals surface area contributed by atoms with Crippen LogP contribution in [0, 0.1) is 5.92 Å². The molecular formula is C19H21BrN2O3. The number of likely N-dealkylation sites (tertiary alicyclic amines) is 1. The summed E-state index contributed by atoms with van der Waals surface area (Å²) in [6.45, 7) is 1.23. The fourth-order valence-electron chi connectivity index (χ4n) is 3.12. The molecule has 5 nitrogen and oxygen atoms in total. The van der Waals surface area contributed by atoms with E-state index in [1.165, 1.54) is 0 Å². The number of hydrogen-bond donors (Lipinski definition) is 1. The zero-order chi connectivity index (χ0) is 17.8. The Hall–Kier alpha value is -2.08. The van der Waals surface area contributed by atoms with Crippen molar-refractivity contribution in [1.82, 2.24) is 10.2 Å². The Morgan fingerprint density at radius 1 is 1.16 bits per heavy atom. The number of ether oxygens (including phenoxy) is 1. The van der Waals surface area contributed by atoms with Gasteiger partial charge in [-0.05, 0) is 47.9 Å². The summed E-state index contributed by atoms with van der Waals surface area (Å²) >= 11 is 3.46. The van der Waals surface area contributed by atoms with Gasteiger partial charge in [-0.1, -0.05) is 28.1 Å². The number of nitrogens with zero attached hydrogens (tertiary/aromatic N) is 1. The Balaban J connectivity index is 1.54. The maximum absolute atomic E-state index is 12.3. The lowest BCUT2D eigenvalue weighted by molar-refractivity contribution is -0.137. The molecule has 25 heavy (non-hydrogen) atoms. The Labute approximate surface area is 155 Å². The summed E-state index contributed by atoms with van der Waals surface area (Å²) in [5.41, 5.74) is 0. The molecule has 0 spiro atoms. The van der Waals surface area contributed by atoms with Crippen molar-refractivity contribution in [3.05, 3.63) is 40.9 Å². The second-order valence-electron chi connectivity index (χ2n) is 6.21. The molecule has 132 valence electrons. The summed E-state index contributed by atoms with van der Waals surface area (Å²) in [5, 5.41) is 4.86. The van der Waals surface area contributed by atoms with Crippen LogP contribution in [0.2, 0.25) is 0 Å². The first-order valence-electron chi connectivity index (χ1n) is 8.38. The molecule has 6 heteroatoms. The van der Waals surface area contributed by atoms with Gasteiger partial charge in [0.05, 0.1) is 0 Å². The second kappa shape index (κ2) is 7.87. The van der Waals surface area contributed by atoms with Crippen molar-refractivity contribution in [1.29, 1.82) is 0 Å². The molecule has 0 aromatic heterocycles. The standard InChI is InChI=1S/C19H21BrN2O3/c1-21-19(24)13-6-8-22(9-7-13)18(23)12-25-17-5-3-14-10-16(20)4-2-15(14)11-17/h2-5,10-11,13H,6-9,12H2,1H3,(H,21,24). The van der Waals surface area contributed by atoms with E-state index in [0.29, 0.717) is 31.7 Å². The van der Waals surface area contributed by atoms with Crippen LogP contribution >= 0.6 is 15.9 Å². The number of piperidine rings is 1. The second-order valence-corrected chi connectivity index (χ2v) is 7.13. The molecule has 2 aromatic rings. The van der Waals surface area contributed by atoms with Gasteiger partial charge >= 0.3 is 0 Å². The molecule has 1 heterocycles. The van der Waals surface area contributed by atoms with E-state index in [2.05, 4.69) is 21.2 Å². The molecule has 1 saturated heterocycles. The number of benzene rings is 2. The predicted octanol–water partition coefficient (Wildman–Crippen LogP) is 2.97. The molecular weight excluding hydrogens is 384 g/mol. The molecule has 0 atom stereocenters. The van der Waals surface area contributed by atoms with Crippen LogP contribution in [0.25, 0.3) is 10.8 Å². The number of halogens is 1. The van der Waals surface area contributed by atoms with Gasteiger partial charge in [-0.3, -0.25) is 9.59 Å². The molecule has 2 amide bonds. The maximum atomic E-state index is 12.3. The fraction of sp³-hybridized carbons (Fsp3) is 0.368. The van der Waals surface area contributed by atoms with E-state index >= 15 is 0 Å². The molecule has 0 bridgehead atoms. The number of nitrogens with one attached hydrogen (secondary N) is 1. The van der Waals surface area contributed by atoms with Crippen LogP contribution in [0.3, 0.4) is 0 Å². The zero-order valence-corrected chi connectivity index (χ0v) is 15.7. The van der Waals surface area contributed by atoms with Gasteiger partial charge in [-0.25, -0.2) is 0 Å². The lowest BCUT2D eigenvalue weighted by Crippen LogP contribution is -2.44. The van der Waals surface area contributed by atoms with Crippen LogP contribution < -0.4 is 10.1 Å². The van der Waals surface area contributed by atoms with Crippen molar-refractivity contribution in [2.75, 3.05) is 26.7 Å². The zero-order valence-electron chi connectivity index (χ0n) is 14.1. The third kappa shape index (κ3) is 4.31. The monoisotopic (exact) mass is 404 g/mol. The quantitative estimate of drug-likeness (QED) is 0.851. The summed E-state index contributed by atoms with van der Waals surface area (Å²) in [6.07, 6.45) is 1.41. The summed E-state index contributed by atoms with van der Waals surface area (Å²) in [5.74, 6) is 0.718. The number of fused-ring (bicyclic) bond motifs is 1. The first-order chi connectivity index (χ1) is 12.1. The number of carbonyl (C=O) groups excluding carboxylic acids is 2. The largest absolute Gasteiger partial charge is 0.484 e. The van der Waals surface area contributed by atoms with Crippen LogP contribution in [0.15, 0.2) is 40.9 Å².